The van der Waals surface area contributed by atoms with Gasteiger partial charge in [0.25, 0.3) is 0 Å². The smallest absolute Gasteiger partial charge is 0.185 e. The predicted octanol–water partition coefficient (Wildman–Crippen LogP) is 2.24. The zero-order chi connectivity index (χ0) is 8.10. The first kappa shape index (κ1) is 8.57. The lowest BCUT2D eigenvalue weighted by molar-refractivity contribution is 0.268. The third kappa shape index (κ3) is 2.91. The minimum Gasteiger partial charge on any atom is -0.481 e. The molecule has 1 aliphatic rings. The zero-order valence-corrected chi connectivity index (χ0v) is 7.47. The molecule has 1 heterocycles. The van der Waals surface area contributed by atoms with E-state index in [1.165, 1.54) is 19.3 Å². The molecule has 11 heavy (non-hydrogen) atoms. The molecule has 0 unspecified atom stereocenters. The lowest BCUT2D eigenvalue weighted by atomic mass is 10.2. The van der Waals surface area contributed by atoms with Gasteiger partial charge in [0.2, 0.25) is 0 Å². The average Bonchev–Trinajstić information content (AvgIpc) is 1.84. The Labute approximate surface area is 68.7 Å². The molecule has 0 bridgehead atoms. The van der Waals surface area contributed by atoms with Crippen LogP contribution in [0.5, 0.6) is 0 Å². The summed E-state index contributed by atoms with van der Waals surface area (Å²) in [7, 11) is 0. The van der Waals surface area contributed by atoms with E-state index in [9.17, 15) is 0 Å². The van der Waals surface area contributed by atoms with Crippen molar-refractivity contribution in [3.8, 4) is 0 Å². The van der Waals surface area contributed by atoms with Gasteiger partial charge in [-0.05, 0) is 19.3 Å². The lowest BCUT2D eigenvalue weighted by Crippen LogP contribution is -2.15. The Balaban J connectivity index is 2.45. The van der Waals surface area contributed by atoms with Crippen LogP contribution < -0.4 is 0 Å². The van der Waals surface area contributed by atoms with Crippen LogP contribution in [0.2, 0.25) is 0 Å². The SMILES string of the molecule is CC(C)C1=NCCCCCO1. The fraction of sp³-hybridized carbons (Fsp3) is 0.889. The fourth-order valence-corrected chi connectivity index (χ4v) is 1.15. The quantitative estimate of drug-likeness (QED) is 0.569. The average molecular weight is 155 g/mol. The molecule has 0 fully saturated rings. The van der Waals surface area contributed by atoms with E-state index in [1.54, 1.807) is 0 Å². The van der Waals surface area contributed by atoms with Crippen LogP contribution in [0.15, 0.2) is 4.99 Å². The van der Waals surface area contributed by atoms with Gasteiger partial charge in [-0.15, -0.1) is 0 Å². The highest BCUT2D eigenvalue weighted by atomic mass is 16.5. The van der Waals surface area contributed by atoms with Crippen molar-refractivity contribution in [3.63, 3.8) is 0 Å². The molecule has 64 valence electrons. The van der Waals surface area contributed by atoms with Crippen LogP contribution >= 0.6 is 0 Å². The normalized spacial score (nSPS) is 20.1. The summed E-state index contributed by atoms with van der Waals surface area (Å²) in [5.41, 5.74) is 0. The van der Waals surface area contributed by atoms with Crippen molar-refractivity contribution >= 4 is 5.90 Å². The van der Waals surface area contributed by atoms with Crippen molar-refractivity contribution in [2.75, 3.05) is 13.2 Å². The molecule has 2 heteroatoms. The molecule has 1 rings (SSSR count). The molecule has 0 aromatic heterocycles. The van der Waals surface area contributed by atoms with Crippen LogP contribution in [0.1, 0.15) is 33.1 Å². The largest absolute Gasteiger partial charge is 0.481 e. The van der Waals surface area contributed by atoms with Crippen molar-refractivity contribution < 1.29 is 4.74 Å². The Hall–Kier alpha value is -0.530. The molecule has 0 saturated carbocycles. The van der Waals surface area contributed by atoms with E-state index in [-0.39, 0.29) is 0 Å². The van der Waals surface area contributed by atoms with E-state index < -0.39 is 0 Å². The van der Waals surface area contributed by atoms with E-state index in [0.717, 1.165) is 19.0 Å². The Morgan fingerprint density at radius 3 is 2.82 bits per heavy atom. The topological polar surface area (TPSA) is 21.6 Å². The standard InChI is InChI=1S/C9H17NO/c1-8(2)9-10-6-4-3-5-7-11-9/h8H,3-7H2,1-2H3. The first-order valence-corrected chi connectivity index (χ1v) is 4.48. The Kier molecular flexibility index (Phi) is 3.40. The van der Waals surface area contributed by atoms with Crippen LogP contribution in [0.4, 0.5) is 0 Å². The maximum Gasteiger partial charge on any atom is 0.185 e. The van der Waals surface area contributed by atoms with Gasteiger partial charge in [-0.25, -0.2) is 0 Å². The van der Waals surface area contributed by atoms with Crippen molar-refractivity contribution in [1.29, 1.82) is 0 Å². The molecule has 0 atom stereocenters. The van der Waals surface area contributed by atoms with Gasteiger partial charge in [-0.3, -0.25) is 4.99 Å². The van der Waals surface area contributed by atoms with Crippen molar-refractivity contribution in [3.05, 3.63) is 0 Å². The summed E-state index contributed by atoms with van der Waals surface area (Å²) in [5, 5.41) is 0. The van der Waals surface area contributed by atoms with Crippen LogP contribution in [0.25, 0.3) is 0 Å². The number of hydrogen-bond donors (Lipinski definition) is 0. The van der Waals surface area contributed by atoms with E-state index in [2.05, 4.69) is 18.8 Å². The summed E-state index contributed by atoms with van der Waals surface area (Å²) in [5.74, 6) is 1.40. The second kappa shape index (κ2) is 4.37. The molecular weight excluding hydrogens is 138 g/mol. The van der Waals surface area contributed by atoms with Crippen LogP contribution in [-0.2, 0) is 4.74 Å². The maximum atomic E-state index is 5.49. The van der Waals surface area contributed by atoms with Gasteiger partial charge < -0.3 is 4.74 Å². The highest BCUT2D eigenvalue weighted by Gasteiger charge is 2.07. The van der Waals surface area contributed by atoms with E-state index in [0.29, 0.717) is 5.92 Å². The fourth-order valence-electron chi connectivity index (χ4n) is 1.15. The van der Waals surface area contributed by atoms with E-state index >= 15 is 0 Å². The molecule has 0 amide bonds. The van der Waals surface area contributed by atoms with Crippen LogP contribution in [-0.4, -0.2) is 19.0 Å². The second-order valence-electron chi connectivity index (χ2n) is 3.28. The third-order valence-corrected chi connectivity index (χ3v) is 1.81. The van der Waals surface area contributed by atoms with Crippen molar-refractivity contribution in [1.82, 2.24) is 0 Å². The molecule has 2 nitrogen and oxygen atoms in total. The molecule has 0 aromatic rings. The lowest BCUT2D eigenvalue weighted by Gasteiger charge is -2.14. The number of ether oxygens (including phenoxy) is 1. The summed E-state index contributed by atoms with van der Waals surface area (Å²) >= 11 is 0. The van der Waals surface area contributed by atoms with Crippen LogP contribution in [0.3, 0.4) is 0 Å². The maximum absolute atomic E-state index is 5.49. The zero-order valence-electron chi connectivity index (χ0n) is 7.47. The molecule has 1 aliphatic heterocycles. The summed E-state index contributed by atoms with van der Waals surface area (Å²) < 4.78 is 5.49. The second-order valence-corrected chi connectivity index (χ2v) is 3.28. The number of nitrogens with zero attached hydrogens (tertiary/aromatic N) is 1. The monoisotopic (exact) mass is 155 g/mol. The molecule has 0 N–H and O–H groups in total. The van der Waals surface area contributed by atoms with Gasteiger partial charge in [0.1, 0.15) is 0 Å². The molecular formula is C9H17NO. The Bertz CT molecular complexity index is 140. The first-order chi connectivity index (χ1) is 5.30. The van der Waals surface area contributed by atoms with Gasteiger partial charge in [-0.2, -0.15) is 0 Å². The summed E-state index contributed by atoms with van der Waals surface area (Å²) in [6, 6.07) is 0. The van der Waals surface area contributed by atoms with Gasteiger partial charge in [-0.1, -0.05) is 13.8 Å². The van der Waals surface area contributed by atoms with Gasteiger partial charge in [0, 0.05) is 12.5 Å². The number of aliphatic imine (C=N–C) groups is 1. The van der Waals surface area contributed by atoms with Gasteiger partial charge in [0.15, 0.2) is 5.90 Å². The number of hydrogen-bond acceptors (Lipinski definition) is 2. The molecule has 0 saturated heterocycles. The Morgan fingerprint density at radius 1 is 1.27 bits per heavy atom. The highest BCUT2D eigenvalue weighted by molar-refractivity contribution is 5.78. The molecule has 0 aliphatic carbocycles. The Morgan fingerprint density at radius 2 is 2.09 bits per heavy atom. The summed E-state index contributed by atoms with van der Waals surface area (Å²) in [6.07, 6.45) is 3.67. The van der Waals surface area contributed by atoms with Crippen LogP contribution in [0, 0.1) is 5.92 Å². The van der Waals surface area contributed by atoms with E-state index in [1.807, 2.05) is 0 Å². The van der Waals surface area contributed by atoms with E-state index in [4.69, 9.17) is 4.74 Å². The molecule has 0 radical (unpaired) electrons. The first-order valence-electron chi connectivity index (χ1n) is 4.48. The predicted molar refractivity (Wildman–Crippen MR) is 46.9 cm³/mol. The van der Waals surface area contributed by atoms with Gasteiger partial charge >= 0.3 is 0 Å². The minimum absolute atomic E-state index is 0.452. The third-order valence-electron chi connectivity index (χ3n) is 1.81. The number of rotatable bonds is 1. The molecule has 0 spiro atoms. The highest BCUT2D eigenvalue weighted by Crippen LogP contribution is 2.06. The van der Waals surface area contributed by atoms with Crippen molar-refractivity contribution in [2.45, 2.75) is 33.1 Å². The molecule has 0 aromatic carbocycles. The minimum atomic E-state index is 0.452. The summed E-state index contributed by atoms with van der Waals surface area (Å²) in [4.78, 5) is 4.38. The van der Waals surface area contributed by atoms with Crippen molar-refractivity contribution in [2.24, 2.45) is 10.9 Å². The van der Waals surface area contributed by atoms with Gasteiger partial charge in [0.05, 0.1) is 6.61 Å². The summed E-state index contributed by atoms with van der Waals surface area (Å²) in [6.45, 7) is 6.06.